The quantitative estimate of drug-likeness (QED) is 0.277. The van der Waals surface area contributed by atoms with E-state index in [4.69, 9.17) is 13.9 Å². The average molecular weight is 539 g/mol. The highest BCUT2D eigenvalue weighted by atomic mass is 33.1. The van der Waals surface area contributed by atoms with Crippen molar-refractivity contribution in [1.29, 1.82) is 0 Å². The summed E-state index contributed by atoms with van der Waals surface area (Å²) in [6.07, 6.45) is -0.839. The SMILES string of the molecule is COC(=O)[C@@H](NC(=O)[C@H](CSSC(=O)c1cc2ccccc2oc1=O)NC(=O)OC(C)(C)C)C(C)C. The molecule has 0 fully saturated rings. The van der Waals surface area contributed by atoms with Gasteiger partial charge in [-0.2, -0.15) is 0 Å². The van der Waals surface area contributed by atoms with E-state index in [1.807, 2.05) is 0 Å². The molecule has 36 heavy (non-hydrogen) atoms. The molecule has 12 heteroatoms. The maximum atomic E-state index is 13.0. The molecule has 2 atom stereocenters. The van der Waals surface area contributed by atoms with Crippen LogP contribution in [0, 0.1) is 5.92 Å². The van der Waals surface area contributed by atoms with Crippen molar-refractivity contribution in [1.82, 2.24) is 10.6 Å². The van der Waals surface area contributed by atoms with Gasteiger partial charge in [0.2, 0.25) is 11.0 Å². The van der Waals surface area contributed by atoms with Crippen LogP contribution >= 0.6 is 21.6 Å². The molecule has 0 aliphatic rings. The molecule has 1 aromatic heterocycles. The molecule has 2 aromatic rings. The predicted octanol–water partition coefficient (Wildman–Crippen LogP) is 3.52. The summed E-state index contributed by atoms with van der Waals surface area (Å²) >= 11 is 0. The number of carbonyl (C=O) groups is 4. The summed E-state index contributed by atoms with van der Waals surface area (Å²) < 4.78 is 15.2. The molecule has 0 bridgehead atoms. The minimum Gasteiger partial charge on any atom is -0.467 e. The van der Waals surface area contributed by atoms with Gasteiger partial charge in [0.05, 0.1) is 7.11 Å². The molecule has 0 radical (unpaired) electrons. The Morgan fingerprint density at radius 2 is 1.75 bits per heavy atom. The van der Waals surface area contributed by atoms with Gasteiger partial charge in [0, 0.05) is 11.1 Å². The van der Waals surface area contributed by atoms with E-state index < -0.39 is 46.4 Å². The number of carbonyl (C=O) groups excluding carboxylic acids is 4. The number of nitrogens with one attached hydrogen (secondary N) is 2. The molecule has 1 aromatic carbocycles. The van der Waals surface area contributed by atoms with Crippen molar-refractivity contribution < 1.29 is 33.1 Å². The van der Waals surface area contributed by atoms with Crippen molar-refractivity contribution in [2.75, 3.05) is 12.9 Å². The molecule has 0 saturated carbocycles. The molecule has 2 amide bonds. The van der Waals surface area contributed by atoms with Gasteiger partial charge in [0.1, 0.15) is 28.8 Å². The summed E-state index contributed by atoms with van der Waals surface area (Å²) in [5, 5.41) is 5.08. The third-order valence-electron chi connectivity index (χ3n) is 4.66. The molecule has 0 spiro atoms. The highest BCUT2D eigenvalue weighted by Gasteiger charge is 2.31. The van der Waals surface area contributed by atoms with E-state index in [1.165, 1.54) is 13.2 Å². The van der Waals surface area contributed by atoms with Crippen molar-refractivity contribution in [3.05, 3.63) is 46.3 Å². The van der Waals surface area contributed by atoms with Crippen molar-refractivity contribution in [3.63, 3.8) is 0 Å². The highest BCUT2D eigenvalue weighted by molar-refractivity contribution is 8.82. The Hall–Kier alpha value is -2.99. The van der Waals surface area contributed by atoms with Crippen LogP contribution in [-0.2, 0) is 19.1 Å². The van der Waals surface area contributed by atoms with Crippen LogP contribution in [-0.4, -0.2) is 53.6 Å². The van der Waals surface area contributed by atoms with E-state index in [1.54, 1.807) is 58.9 Å². The van der Waals surface area contributed by atoms with Gasteiger partial charge in [-0.1, -0.05) is 42.8 Å². The fourth-order valence-corrected chi connectivity index (χ4v) is 4.90. The van der Waals surface area contributed by atoms with E-state index in [0.717, 1.165) is 21.6 Å². The van der Waals surface area contributed by atoms with Crippen LogP contribution in [0.25, 0.3) is 11.0 Å². The second-order valence-electron chi connectivity index (χ2n) is 9.09. The molecule has 196 valence electrons. The van der Waals surface area contributed by atoms with Crippen LogP contribution < -0.4 is 16.3 Å². The summed E-state index contributed by atoms with van der Waals surface area (Å²) in [6.45, 7) is 8.48. The zero-order valence-electron chi connectivity index (χ0n) is 20.9. The molecule has 0 unspecified atom stereocenters. The number of amides is 2. The van der Waals surface area contributed by atoms with Gasteiger partial charge in [-0.05, 0) is 49.6 Å². The standard InChI is InChI=1S/C24H30N2O8S2/c1-13(2)18(21(29)32-6)26-19(27)16(25-23(31)34-24(3,4)5)12-35-36-22(30)15-11-14-9-7-8-10-17(14)33-20(15)28/h7-11,13,16,18H,12H2,1-6H3,(H,25,31)(H,26,27)/t16-,18-/m0/s1. The molecule has 10 nitrogen and oxygen atoms in total. The van der Waals surface area contributed by atoms with Crippen LogP contribution in [0.1, 0.15) is 45.0 Å². The summed E-state index contributed by atoms with van der Waals surface area (Å²) in [4.78, 5) is 62.3. The number of esters is 1. The fraction of sp³-hybridized carbons (Fsp3) is 0.458. The number of fused-ring (bicyclic) bond motifs is 1. The summed E-state index contributed by atoms with van der Waals surface area (Å²) in [5.41, 5.74) is -1.36. The Morgan fingerprint density at radius 3 is 2.36 bits per heavy atom. The zero-order valence-corrected chi connectivity index (χ0v) is 22.5. The largest absolute Gasteiger partial charge is 0.467 e. The Morgan fingerprint density at radius 1 is 1.08 bits per heavy atom. The van der Waals surface area contributed by atoms with Crippen molar-refractivity contribution in [2.45, 2.75) is 52.3 Å². The Labute approximate surface area is 216 Å². The Kier molecular flexibility index (Phi) is 10.4. The van der Waals surface area contributed by atoms with Crippen molar-refractivity contribution in [2.24, 2.45) is 5.92 Å². The third kappa shape index (κ3) is 8.59. The number of hydrogen-bond donors (Lipinski definition) is 2. The number of ether oxygens (including phenoxy) is 2. The normalized spacial score (nSPS) is 13.1. The van der Waals surface area contributed by atoms with Crippen LogP contribution in [0.5, 0.6) is 0 Å². The summed E-state index contributed by atoms with van der Waals surface area (Å²) in [6, 6.07) is 6.16. The average Bonchev–Trinajstić information content (AvgIpc) is 2.79. The minimum absolute atomic E-state index is 0.0631. The maximum absolute atomic E-state index is 13.0. The van der Waals surface area contributed by atoms with Crippen LogP contribution in [0.15, 0.2) is 39.5 Å². The van der Waals surface area contributed by atoms with Gasteiger partial charge in [0.15, 0.2) is 0 Å². The van der Waals surface area contributed by atoms with Gasteiger partial charge >= 0.3 is 17.7 Å². The first kappa shape index (κ1) is 29.2. The lowest BCUT2D eigenvalue weighted by Crippen LogP contribution is -2.54. The molecule has 1 heterocycles. The first-order chi connectivity index (χ1) is 16.8. The van der Waals surface area contributed by atoms with Gasteiger partial charge in [-0.25, -0.2) is 14.4 Å². The van der Waals surface area contributed by atoms with E-state index >= 15 is 0 Å². The lowest BCUT2D eigenvalue weighted by Gasteiger charge is -2.25. The van der Waals surface area contributed by atoms with Crippen molar-refractivity contribution >= 4 is 55.6 Å². The van der Waals surface area contributed by atoms with Gasteiger partial charge in [-0.15, -0.1) is 0 Å². The summed E-state index contributed by atoms with van der Waals surface area (Å²) in [5.74, 6) is -1.63. The molecular weight excluding hydrogens is 508 g/mol. The first-order valence-corrected chi connectivity index (χ1v) is 13.4. The lowest BCUT2D eigenvalue weighted by molar-refractivity contribution is -0.146. The number of benzene rings is 1. The van der Waals surface area contributed by atoms with Crippen LogP contribution in [0.2, 0.25) is 0 Å². The van der Waals surface area contributed by atoms with E-state index in [2.05, 4.69) is 10.6 Å². The molecule has 0 aliphatic heterocycles. The van der Waals surface area contributed by atoms with E-state index in [0.29, 0.717) is 11.0 Å². The number of hydrogen-bond acceptors (Lipinski definition) is 10. The maximum Gasteiger partial charge on any atom is 0.408 e. The topological polar surface area (TPSA) is 141 Å². The second-order valence-corrected chi connectivity index (χ2v) is 11.4. The number of methoxy groups -OCH3 is 1. The molecular formula is C24H30N2O8S2. The Bertz CT molecular complexity index is 1170. The number of alkyl carbamates (subject to hydrolysis) is 1. The fourth-order valence-electron chi connectivity index (χ4n) is 2.92. The number of rotatable bonds is 9. The van der Waals surface area contributed by atoms with Gasteiger partial charge in [0.25, 0.3) is 0 Å². The molecule has 2 N–H and O–H groups in total. The second kappa shape index (κ2) is 12.8. The van der Waals surface area contributed by atoms with Crippen LogP contribution in [0.4, 0.5) is 4.79 Å². The first-order valence-electron chi connectivity index (χ1n) is 11.1. The monoisotopic (exact) mass is 538 g/mol. The molecule has 2 rings (SSSR count). The predicted molar refractivity (Wildman–Crippen MR) is 139 cm³/mol. The van der Waals surface area contributed by atoms with Crippen molar-refractivity contribution in [3.8, 4) is 0 Å². The highest BCUT2D eigenvalue weighted by Crippen LogP contribution is 2.27. The molecule has 0 aliphatic carbocycles. The van der Waals surface area contributed by atoms with Gasteiger partial charge < -0.3 is 24.5 Å². The summed E-state index contributed by atoms with van der Waals surface area (Å²) in [7, 11) is 2.89. The smallest absolute Gasteiger partial charge is 0.408 e. The zero-order chi connectivity index (χ0) is 27.0. The van der Waals surface area contributed by atoms with E-state index in [-0.39, 0.29) is 17.2 Å². The lowest BCUT2D eigenvalue weighted by atomic mass is 10.0. The van der Waals surface area contributed by atoms with Crippen LogP contribution in [0.3, 0.4) is 0 Å². The third-order valence-corrected chi connectivity index (χ3v) is 6.83. The molecule has 0 saturated heterocycles. The van der Waals surface area contributed by atoms with Gasteiger partial charge in [-0.3, -0.25) is 9.59 Å². The van der Waals surface area contributed by atoms with E-state index in [9.17, 15) is 24.0 Å². The Balaban J connectivity index is 2.13. The number of para-hydroxylation sites is 1. The minimum atomic E-state index is -1.15.